The van der Waals surface area contributed by atoms with Gasteiger partial charge in [0.15, 0.2) is 0 Å². The summed E-state index contributed by atoms with van der Waals surface area (Å²) in [4.78, 5) is 22.8. The molecule has 2 saturated carbocycles. The lowest BCUT2D eigenvalue weighted by Crippen LogP contribution is -2.56. The molecule has 2 amide bonds. The first-order valence-electron chi connectivity index (χ1n) is 6.74. The van der Waals surface area contributed by atoms with Crippen LogP contribution in [0.4, 0.5) is 0 Å². The Morgan fingerprint density at radius 1 is 1.06 bits per heavy atom. The summed E-state index contributed by atoms with van der Waals surface area (Å²) in [6.07, 6.45) is 2.25. The molecular weight excluding hydrogens is 228 g/mol. The topological polar surface area (TPSA) is 58.2 Å². The molecule has 4 atom stereocenters. The number of hydrogen-bond acceptors (Lipinski definition) is 2. The van der Waals surface area contributed by atoms with Crippen LogP contribution in [0.5, 0.6) is 0 Å². The van der Waals surface area contributed by atoms with Crippen LogP contribution in [0.25, 0.3) is 0 Å². The SMILES string of the molecule is CC(=O)N[C@@H]1[C@@H](NC(C)=O)[C@]2(C)CC[C@@H]1C2(C)C. The highest BCUT2D eigenvalue weighted by Crippen LogP contribution is 2.65. The Kier molecular flexibility index (Phi) is 2.95. The highest BCUT2D eigenvalue weighted by molar-refractivity contribution is 5.75. The molecule has 2 rings (SSSR count). The second kappa shape index (κ2) is 3.97. The summed E-state index contributed by atoms with van der Waals surface area (Å²) in [5, 5.41) is 6.13. The molecule has 0 aromatic rings. The Balaban J connectivity index is 2.34. The van der Waals surface area contributed by atoms with E-state index in [0.29, 0.717) is 5.92 Å². The van der Waals surface area contributed by atoms with Crippen LogP contribution in [0, 0.1) is 16.7 Å². The molecule has 0 saturated heterocycles. The van der Waals surface area contributed by atoms with E-state index in [-0.39, 0.29) is 34.7 Å². The van der Waals surface area contributed by atoms with Gasteiger partial charge in [-0.05, 0) is 29.6 Å². The van der Waals surface area contributed by atoms with Gasteiger partial charge in [-0.1, -0.05) is 20.8 Å². The molecule has 0 aromatic carbocycles. The third-order valence-corrected chi connectivity index (χ3v) is 5.58. The van der Waals surface area contributed by atoms with Crippen LogP contribution in [0.1, 0.15) is 47.5 Å². The van der Waals surface area contributed by atoms with Crippen LogP contribution in [0.3, 0.4) is 0 Å². The normalized spacial score (nSPS) is 40.6. The maximum Gasteiger partial charge on any atom is 0.217 e. The predicted octanol–water partition coefficient (Wildman–Crippen LogP) is 1.45. The van der Waals surface area contributed by atoms with Crippen molar-refractivity contribution in [3.63, 3.8) is 0 Å². The smallest absolute Gasteiger partial charge is 0.217 e. The van der Waals surface area contributed by atoms with E-state index in [0.717, 1.165) is 12.8 Å². The van der Waals surface area contributed by atoms with E-state index in [4.69, 9.17) is 0 Å². The highest BCUT2D eigenvalue weighted by Gasteiger charge is 2.66. The van der Waals surface area contributed by atoms with Gasteiger partial charge in [0.05, 0.1) is 12.1 Å². The van der Waals surface area contributed by atoms with Gasteiger partial charge in [-0.15, -0.1) is 0 Å². The molecule has 4 nitrogen and oxygen atoms in total. The van der Waals surface area contributed by atoms with E-state index in [2.05, 4.69) is 31.4 Å². The van der Waals surface area contributed by atoms with E-state index in [1.807, 2.05) is 0 Å². The zero-order valence-electron chi connectivity index (χ0n) is 12.0. The van der Waals surface area contributed by atoms with E-state index < -0.39 is 0 Å². The molecule has 102 valence electrons. The van der Waals surface area contributed by atoms with E-state index in [1.165, 1.54) is 0 Å². The first-order chi connectivity index (χ1) is 8.20. The van der Waals surface area contributed by atoms with E-state index in [1.54, 1.807) is 13.8 Å². The molecule has 2 aliphatic carbocycles. The fourth-order valence-corrected chi connectivity index (χ4v) is 4.26. The fourth-order valence-electron chi connectivity index (χ4n) is 4.26. The van der Waals surface area contributed by atoms with Crippen LogP contribution in [0.15, 0.2) is 0 Å². The quantitative estimate of drug-likeness (QED) is 0.781. The van der Waals surface area contributed by atoms with Gasteiger partial charge in [-0.25, -0.2) is 0 Å². The van der Waals surface area contributed by atoms with Crippen molar-refractivity contribution in [3.8, 4) is 0 Å². The maximum atomic E-state index is 11.4. The molecule has 0 aromatic heterocycles. The van der Waals surface area contributed by atoms with E-state index >= 15 is 0 Å². The molecule has 4 heteroatoms. The first-order valence-corrected chi connectivity index (χ1v) is 6.74. The van der Waals surface area contributed by atoms with Gasteiger partial charge in [0, 0.05) is 13.8 Å². The summed E-state index contributed by atoms with van der Waals surface area (Å²) in [5.41, 5.74) is 0.212. The summed E-state index contributed by atoms with van der Waals surface area (Å²) < 4.78 is 0. The van der Waals surface area contributed by atoms with Crippen molar-refractivity contribution in [3.05, 3.63) is 0 Å². The van der Waals surface area contributed by atoms with Gasteiger partial charge < -0.3 is 10.6 Å². The minimum absolute atomic E-state index is 0.0118. The molecule has 0 spiro atoms. The first kappa shape index (κ1) is 13.4. The Morgan fingerprint density at radius 3 is 2.11 bits per heavy atom. The minimum Gasteiger partial charge on any atom is -0.351 e. The number of carbonyl (C=O) groups is 2. The fraction of sp³-hybridized carbons (Fsp3) is 0.857. The summed E-state index contributed by atoms with van der Waals surface area (Å²) in [5.74, 6) is 0.422. The Hall–Kier alpha value is -1.06. The molecule has 2 bridgehead atoms. The minimum atomic E-state index is -0.0140. The van der Waals surface area contributed by atoms with Crippen molar-refractivity contribution < 1.29 is 9.59 Å². The number of rotatable bonds is 2. The number of carbonyl (C=O) groups excluding carboxylic acids is 2. The van der Waals surface area contributed by atoms with Gasteiger partial charge in [-0.3, -0.25) is 9.59 Å². The third-order valence-electron chi connectivity index (χ3n) is 5.58. The van der Waals surface area contributed by atoms with Crippen molar-refractivity contribution in [1.82, 2.24) is 10.6 Å². The second-order valence-electron chi connectivity index (χ2n) is 6.69. The number of amides is 2. The van der Waals surface area contributed by atoms with Crippen molar-refractivity contribution >= 4 is 11.8 Å². The largest absolute Gasteiger partial charge is 0.351 e. The monoisotopic (exact) mass is 252 g/mol. The summed E-state index contributed by atoms with van der Waals surface area (Å²) in [7, 11) is 0. The van der Waals surface area contributed by atoms with Crippen LogP contribution >= 0.6 is 0 Å². The molecule has 2 fully saturated rings. The number of nitrogens with one attached hydrogen (secondary N) is 2. The molecule has 0 unspecified atom stereocenters. The van der Waals surface area contributed by atoms with Crippen LogP contribution in [-0.4, -0.2) is 23.9 Å². The maximum absolute atomic E-state index is 11.4. The molecule has 0 radical (unpaired) electrons. The third kappa shape index (κ3) is 1.65. The molecule has 18 heavy (non-hydrogen) atoms. The average Bonchev–Trinajstić information content (AvgIpc) is 2.50. The standard InChI is InChI=1S/C14H24N2O2/c1-8(17)15-11-10-6-7-14(5,13(10,3)4)12(11)16-9(2)18/h10-12H,6-7H2,1-5H3,(H,15,17)(H,16,18)/t10-,11-,12+,14-/m0/s1. The highest BCUT2D eigenvalue weighted by atomic mass is 16.2. The number of fused-ring (bicyclic) bond motifs is 2. The van der Waals surface area contributed by atoms with Crippen LogP contribution in [0.2, 0.25) is 0 Å². The molecule has 2 N–H and O–H groups in total. The van der Waals surface area contributed by atoms with Crippen molar-refractivity contribution in [2.24, 2.45) is 16.7 Å². The Bertz CT molecular complexity index is 391. The van der Waals surface area contributed by atoms with E-state index in [9.17, 15) is 9.59 Å². The van der Waals surface area contributed by atoms with Gasteiger partial charge >= 0.3 is 0 Å². The average molecular weight is 252 g/mol. The van der Waals surface area contributed by atoms with Crippen molar-refractivity contribution in [2.75, 3.05) is 0 Å². The Labute approximate surface area is 109 Å². The molecule has 2 aliphatic rings. The summed E-state index contributed by atoms with van der Waals surface area (Å²) in [6.45, 7) is 9.87. The van der Waals surface area contributed by atoms with Crippen LogP contribution in [-0.2, 0) is 9.59 Å². The van der Waals surface area contributed by atoms with Crippen molar-refractivity contribution in [2.45, 2.75) is 59.5 Å². The molecule has 0 heterocycles. The van der Waals surface area contributed by atoms with Crippen LogP contribution < -0.4 is 10.6 Å². The molecule has 0 aliphatic heterocycles. The van der Waals surface area contributed by atoms with Gasteiger partial charge in [-0.2, -0.15) is 0 Å². The predicted molar refractivity (Wildman–Crippen MR) is 69.8 cm³/mol. The van der Waals surface area contributed by atoms with Gasteiger partial charge in [0.2, 0.25) is 11.8 Å². The lowest BCUT2D eigenvalue weighted by Gasteiger charge is -2.40. The number of hydrogen-bond donors (Lipinski definition) is 2. The summed E-state index contributed by atoms with van der Waals surface area (Å²) >= 11 is 0. The zero-order chi connectivity index (χ0) is 13.7. The molecular formula is C14H24N2O2. The lowest BCUT2D eigenvalue weighted by molar-refractivity contribution is -0.123. The zero-order valence-corrected chi connectivity index (χ0v) is 12.0. The van der Waals surface area contributed by atoms with Crippen molar-refractivity contribution in [1.29, 1.82) is 0 Å². The van der Waals surface area contributed by atoms with Gasteiger partial charge in [0.25, 0.3) is 0 Å². The Morgan fingerprint density at radius 2 is 1.61 bits per heavy atom. The lowest BCUT2D eigenvalue weighted by atomic mass is 9.69. The summed E-state index contributed by atoms with van der Waals surface area (Å²) in [6, 6.07) is 0.118. The van der Waals surface area contributed by atoms with Gasteiger partial charge in [0.1, 0.15) is 0 Å². The second-order valence-corrected chi connectivity index (χ2v) is 6.69.